The molecule has 0 aliphatic heterocycles. The van der Waals surface area contributed by atoms with Crippen molar-refractivity contribution in [1.29, 1.82) is 0 Å². The summed E-state index contributed by atoms with van der Waals surface area (Å²) in [6.07, 6.45) is 0.189. The van der Waals surface area contributed by atoms with Crippen LogP contribution in [0, 0.1) is 11.6 Å². The Morgan fingerprint density at radius 3 is 2.81 bits per heavy atom. The van der Waals surface area contributed by atoms with E-state index in [-0.39, 0.29) is 24.4 Å². The van der Waals surface area contributed by atoms with Gasteiger partial charge in [-0.25, -0.2) is 13.8 Å². The van der Waals surface area contributed by atoms with Crippen LogP contribution in [0.2, 0.25) is 0 Å². The Morgan fingerprint density at radius 1 is 1.48 bits per heavy atom. The first-order valence-corrected chi connectivity index (χ1v) is 7.13. The van der Waals surface area contributed by atoms with Gasteiger partial charge in [0.1, 0.15) is 17.2 Å². The van der Waals surface area contributed by atoms with Crippen LogP contribution in [0.3, 0.4) is 0 Å². The Labute approximate surface area is 126 Å². The zero-order valence-corrected chi connectivity index (χ0v) is 12.5. The lowest BCUT2D eigenvalue weighted by Crippen LogP contribution is -2.24. The first kappa shape index (κ1) is 15.7. The lowest BCUT2D eigenvalue weighted by Gasteiger charge is -2.10. The normalized spacial score (nSPS) is 12.6. The molecular weight excluding hydrogens is 300 g/mol. The van der Waals surface area contributed by atoms with Crippen molar-refractivity contribution in [3.05, 3.63) is 29.6 Å². The molecule has 7 heteroatoms. The minimum Gasteiger partial charge on any atom is -0.356 e. The number of amides is 1. The largest absolute Gasteiger partial charge is 0.356 e. The monoisotopic (exact) mass is 315 g/mol. The van der Waals surface area contributed by atoms with Gasteiger partial charge in [0.15, 0.2) is 5.82 Å². The number of hydrogen-bond acceptors (Lipinski definition) is 2. The number of nitrogens with one attached hydrogen (secondary N) is 1. The van der Waals surface area contributed by atoms with Crippen molar-refractivity contribution in [3.63, 3.8) is 0 Å². The molecule has 0 aliphatic carbocycles. The lowest BCUT2D eigenvalue weighted by atomic mass is 10.3. The summed E-state index contributed by atoms with van der Waals surface area (Å²) in [5.41, 5.74) is 0.370. The smallest absolute Gasteiger partial charge is 0.221 e. The number of aromatic nitrogens is 2. The molecule has 0 saturated carbocycles. The molecule has 1 atom stereocenters. The second-order valence-electron chi connectivity index (χ2n) is 4.70. The number of hydrogen-bond donors (Lipinski definition) is 1. The molecule has 1 unspecified atom stereocenters. The van der Waals surface area contributed by atoms with E-state index in [2.05, 4.69) is 10.3 Å². The number of carbonyl (C=O) groups excluding carboxylic acids is 1. The summed E-state index contributed by atoms with van der Waals surface area (Å²) in [6.45, 7) is 4.31. The van der Waals surface area contributed by atoms with Gasteiger partial charge >= 0.3 is 0 Å². The van der Waals surface area contributed by atoms with Crippen molar-refractivity contribution in [2.75, 3.05) is 6.54 Å². The minimum absolute atomic E-state index is 0.0646. The zero-order valence-electron chi connectivity index (χ0n) is 11.8. The van der Waals surface area contributed by atoms with Crippen LogP contribution in [0.25, 0.3) is 11.0 Å². The third kappa shape index (κ3) is 3.32. The van der Waals surface area contributed by atoms with E-state index in [1.807, 2.05) is 6.92 Å². The molecule has 2 aromatic rings. The van der Waals surface area contributed by atoms with Gasteiger partial charge in [0.25, 0.3) is 0 Å². The van der Waals surface area contributed by atoms with Gasteiger partial charge in [-0.2, -0.15) is 0 Å². The average Bonchev–Trinajstić information content (AvgIpc) is 2.76. The highest BCUT2D eigenvalue weighted by Crippen LogP contribution is 2.27. The summed E-state index contributed by atoms with van der Waals surface area (Å²) >= 11 is 6.05. The highest BCUT2D eigenvalue weighted by atomic mass is 35.5. The minimum atomic E-state index is -0.736. The molecule has 1 aromatic carbocycles. The van der Waals surface area contributed by atoms with Crippen molar-refractivity contribution in [1.82, 2.24) is 14.9 Å². The van der Waals surface area contributed by atoms with Crippen molar-refractivity contribution in [3.8, 4) is 0 Å². The Balaban J connectivity index is 2.43. The van der Waals surface area contributed by atoms with Crippen molar-refractivity contribution >= 4 is 28.5 Å². The summed E-state index contributed by atoms with van der Waals surface area (Å²) in [5.74, 6) is -1.14. The van der Waals surface area contributed by atoms with E-state index in [1.54, 1.807) is 11.5 Å². The van der Waals surface area contributed by atoms with Crippen molar-refractivity contribution < 1.29 is 13.6 Å². The maximum Gasteiger partial charge on any atom is 0.221 e. The first-order chi connectivity index (χ1) is 9.93. The number of benzene rings is 1. The molecule has 0 saturated heterocycles. The second-order valence-corrected chi connectivity index (χ2v) is 5.35. The van der Waals surface area contributed by atoms with Gasteiger partial charge in [0.05, 0.1) is 10.9 Å². The molecule has 1 heterocycles. The summed E-state index contributed by atoms with van der Waals surface area (Å²) in [4.78, 5) is 15.7. The molecule has 0 radical (unpaired) electrons. The Kier molecular flexibility index (Phi) is 4.77. The van der Waals surface area contributed by atoms with E-state index >= 15 is 0 Å². The molecule has 114 valence electrons. The van der Waals surface area contributed by atoms with Crippen LogP contribution in [0.4, 0.5) is 8.78 Å². The van der Waals surface area contributed by atoms with E-state index in [9.17, 15) is 13.6 Å². The number of alkyl halides is 1. The fourth-order valence-corrected chi connectivity index (χ4v) is 2.37. The molecule has 2 rings (SSSR count). The maximum atomic E-state index is 13.8. The highest BCUT2D eigenvalue weighted by molar-refractivity contribution is 6.20. The molecule has 4 nitrogen and oxygen atoms in total. The number of imidazole rings is 1. The van der Waals surface area contributed by atoms with Crippen LogP contribution >= 0.6 is 11.6 Å². The van der Waals surface area contributed by atoms with Gasteiger partial charge in [0, 0.05) is 25.6 Å². The Bertz CT molecular complexity index is 670. The molecule has 0 bridgehead atoms. The van der Waals surface area contributed by atoms with Crippen molar-refractivity contribution in [2.24, 2.45) is 0 Å². The van der Waals surface area contributed by atoms with Gasteiger partial charge in [0.2, 0.25) is 5.91 Å². The van der Waals surface area contributed by atoms with E-state index in [1.165, 1.54) is 6.07 Å². The van der Waals surface area contributed by atoms with Gasteiger partial charge in [-0.05, 0) is 19.9 Å². The van der Waals surface area contributed by atoms with Crippen molar-refractivity contribution in [2.45, 2.75) is 32.2 Å². The topological polar surface area (TPSA) is 46.9 Å². The quantitative estimate of drug-likeness (QED) is 0.862. The molecule has 0 spiro atoms. The highest BCUT2D eigenvalue weighted by Gasteiger charge is 2.19. The van der Waals surface area contributed by atoms with Gasteiger partial charge in [-0.1, -0.05) is 0 Å². The van der Waals surface area contributed by atoms with Gasteiger partial charge in [-0.15, -0.1) is 11.6 Å². The number of halogens is 3. The standard InChI is InChI=1S/C14H16ClF2N3O/c1-3-18-12(21)4-5-20-11-7-9(16)6-10(17)13(11)19-14(20)8(2)15/h6-8H,3-5H2,1-2H3,(H,18,21). The third-order valence-electron chi connectivity index (χ3n) is 3.09. The summed E-state index contributed by atoms with van der Waals surface area (Å²) in [7, 11) is 0. The molecule has 1 amide bonds. The van der Waals surface area contributed by atoms with E-state index in [4.69, 9.17) is 11.6 Å². The molecule has 21 heavy (non-hydrogen) atoms. The van der Waals surface area contributed by atoms with Crippen LogP contribution in [-0.4, -0.2) is 22.0 Å². The number of fused-ring (bicyclic) bond motifs is 1. The first-order valence-electron chi connectivity index (χ1n) is 6.70. The zero-order chi connectivity index (χ0) is 15.6. The van der Waals surface area contributed by atoms with E-state index in [0.29, 0.717) is 17.9 Å². The lowest BCUT2D eigenvalue weighted by molar-refractivity contribution is -0.121. The van der Waals surface area contributed by atoms with E-state index < -0.39 is 17.0 Å². The molecule has 0 fully saturated rings. The summed E-state index contributed by atoms with van der Waals surface area (Å²) in [6, 6.07) is 1.98. The van der Waals surface area contributed by atoms with Gasteiger partial charge < -0.3 is 9.88 Å². The van der Waals surface area contributed by atoms with Crippen LogP contribution < -0.4 is 5.32 Å². The maximum absolute atomic E-state index is 13.8. The molecule has 1 aromatic heterocycles. The second kappa shape index (κ2) is 6.39. The Hall–Kier alpha value is -1.69. The predicted octanol–water partition coefficient (Wildman–Crippen LogP) is 3.14. The SMILES string of the molecule is CCNC(=O)CCn1c(C(C)Cl)nc2c(F)cc(F)cc21. The number of carbonyl (C=O) groups is 1. The predicted molar refractivity (Wildman–Crippen MR) is 77.2 cm³/mol. The number of nitrogens with zero attached hydrogens (tertiary/aromatic N) is 2. The van der Waals surface area contributed by atoms with Crippen LogP contribution in [0.5, 0.6) is 0 Å². The number of rotatable bonds is 5. The summed E-state index contributed by atoms with van der Waals surface area (Å²) < 4.78 is 28.8. The fraction of sp³-hybridized carbons (Fsp3) is 0.429. The van der Waals surface area contributed by atoms with Crippen LogP contribution in [0.15, 0.2) is 12.1 Å². The molecule has 0 aliphatic rings. The third-order valence-corrected chi connectivity index (χ3v) is 3.29. The number of aryl methyl sites for hydroxylation is 1. The van der Waals surface area contributed by atoms with Gasteiger partial charge in [-0.3, -0.25) is 4.79 Å². The van der Waals surface area contributed by atoms with Crippen LogP contribution in [0.1, 0.15) is 31.5 Å². The molecular formula is C14H16ClF2N3O. The van der Waals surface area contributed by atoms with E-state index in [0.717, 1.165) is 6.07 Å². The fourth-order valence-electron chi connectivity index (χ4n) is 2.20. The van der Waals surface area contributed by atoms with Crippen LogP contribution in [-0.2, 0) is 11.3 Å². The molecule has 1 N–H and O–H groups in total. The average molecular weight is 316 g/mol. The Morgan fingerprint density at radius 2 is 2.19 bits per heavy atom. The summed E-state index contributed by atoms with van der Waals surface area (Å²) in [5, 5.41) is 2.20.